The number of ether oxygens (including phenoxy) is 1. The van der Waals surface area contributed by atoms with Gasteiger partial charge in [0.05, 0.1) is 18.2 Å². The molecule has 0 aliphatic carbocycles. The van der Waals surface area contributed by atoms with Gasteiger partial charge in [-0.3, -0.25) is 4.79 Å². The van der Waals surface area contributed by atoms with Gasteiger partial charge in [-0.25, -0.2) is 0 Å². The van der Waals surface area contributed by atoms with Crippen LogP contribution in [0.5, 0.6) is 0 Å². The van der Waals surface area contributed by atoms with Gasteiger partial charge in [0.15, 0.2) is 0 Å². The van der Waals surface area contributed by atoms with Crippen LogP contribution in [0.15, 0.2) is 24.3 Å². The van der Waals surface area contributed by atoms with Gasteiger partial charge in [0.2, 0.25) is 0 Å². The molecule has 1 unspecified atom stereocenters. The van der Waals surface area contributed by atoms with Gasteiger partial charge in [-0.05, 0) is 44.5 Å². The molecule has 0 aliphatic heterocycles. The van der Waals surface area contributed by atoms with E-state index >= 15 is 0 Å². The number of carbonyl (C=O) groups excluding carboxylic acids is 1. The third-order valence-electron chi connectivity index (χ3n) is 2.83. The molecule has 0 heterocycles. The van der Waals surface area contributed by atoms with Crippen LogP contribution in [0.1, 0.15) is 43.9 Å². The highest BCUT2D eigenvalue weighted by Gasteiger charge is 2.06. The van der Waals surface area contributed by atoms with Gasteiger partial charge in [-0.1, -0.05) is 12.1 Å². The van der Waals surface area contributed by atoms with Crippen molar-refractivity contribution in [2.45, 2.75) is 32.7 Å². The first-order valence-electron chi connectivity index (χ1n) is 6.56. The van der Waals surface area contributed by atoms with E-state index in [2.05, 4.69) is 11.4 Å². The van der Waals surface area contributed by atoms with Crippen molar-refractivity contribution >= 4 is 5.97 Å². The predicted octanol–water partition coefficient (Wildman–Crippen LogP) is 2.55. The maximum atomic E-state index is 11.2. The van der Waals surface area contributed by atoms with Gasteiger partial charge in [0.25, 0.3) is 0 Å². The van der Waals surface area contributed by atoms with E-state index in [1.54, 1.807) is 13.0 Å². The Morgan fingerprint density at radius 1 is 1.53 bits per heavy atom. The molecule has 4 nitrogen and oxygen atoms in total. The van der Waals surface area contributed by atoms with Gasteiger partial charge in [0.1, 0.15) is 0 Å². The monoisotopic (exact) mass is 260 g/mol. The molecule has 4 heteroatoms. The van der Waals surface area contributed by atoms with Crippen LogP contribution in [-0.4, -0.2) is 19.1 Å². The number of nitriles is 1. The number of rotatable bonds is 7. The van der Waals surface area contributed by atoms with Gasteiger partial charge < -0.3 is 10.1 Å². The summed E-state index contributed by atoms with van der Waals surface area (Å²) in [6.07, 6.45) is 1.19. The predicted molar refractivity (Wildman–Crippen MR) is 73.4 cm³/mol. The first-order chi connectivity index (χ1) is 9.17. The maximum absolute atomic E-state index is 11.2. The number of benzene rings is 1. The molecule has 1 aromatic carbocycles. The van der Waals surface area contributed by atoms with Crippen LogP contribution in [-0.2, 0) is 9.53 Å². The summed E-state index contributed by atoms with van der Waals surface area (Å²) in [5.74, 6) is -0.150. The number of carbonyl (C=O) groups is 1. The Balaban J connectivity index is 2.33. The van der Waals surface area contributed by atoms with E-state index in [1.165, 1.54) is 0 Å². The molecule has 102 valence electrons. The Bertz CT molecular complexity index is 452. The highest BCUT2D eigenvalue weighted by atomic mass is 16.5. The summed E-state index contributed by atoms with van der Waals surface area (Å²) in [6, 6.07) is 9.83. The molecule has 0 saturated heterocycles. The van der Waals surface area contributed by atoms with Crippen LogP contribution in [0, 0.1) is 11.3 Å². The molecule has 1 aromatic rings. The first kappa shape index (κ1) is 15.2. The van der Waals surface area contributed by atoms with Crippen LogP contribution in [0.4, 0.5) is 0 Å². The molecule has 0 bridgehead atoms. The van der Waals surface area contributed by atoms with Gasteiger partial charge in [-0.15, -0.1) is 0 Å². The lowest BCUT2D eigenvalue weighted by Gasteiger charge is -2.14. The lowest BCUT2D eigenvalue weighted by Crippen LogP contribution is -2.20. The fourth-order valence-electron chi connectivity index (χ4n) is 1.78. The first-order valence-corrected chi connectivity index (χ1v) is 6.56. The second kappa shape index (κ2) is 8.28. The minimum Gasteiger partial charge on any atom is -0.466 e. The normalized spacial score (nSPS) is 11.6. The molecule has 0 spiro atoms. The van der Waals surface area contributed by atoms with Crippen molar-refractivity contribution in [3.63, 3.8) is 0 Å². The fourth-order valence-corrected chi connectivity index (χ4v) is 1.78. The molecule has 1 N–H and O–H groups in total. The average Bonchev–Trinajstić information content (AvgIpc) is 2.43. The van der Waals surface area contributed by atoms with Crippen LogP contribution in [0.25, 0.3) is 0 Å². The number of esters is 1. The van der Waals surface area contributed by atoms with Crippen molar-refractivity contribution in [3.05, 3.63) is 35.4 Å². The molecule has 0 fully saturated rings. The van der Waals surface area contributed by atoms with E-state index < -0.39 is 0 Å². The average molecular weight is 260 g/mol. The second-order valence-corrected chi connectivity index (χ2v) is 4.32. The Kier molecular flexibility index (Phi) is 6.62. The molecular formula is C15H20N2O2. The molecule has 0 aliphatic rings. The number of nitrogens with zero attached hydrogens (tertiary/aromatic N) is 1. The summed E-state index contributed by atoms with van der Waals surface area (Å²) in [6.45, 7) is 5.03. The Morgan fingerprint density at radius 2 is 2.32 bits per heavy atom. The quantitative estimate of drug-likeness (QED) is 0.604. The number of hydrogen-bond donors (Lipinski definition) is 1. The van der Waals surface area contributed by atoms with Crippen molar-refractivity contribution in [3.8, 4) is 6.07 Å². The van der Waals surface area contributed by atoms with Crippen molar-refractivity contribution in [1.82, 2.24) is 5.32 Å². The fraction of sp³-hybridized carbons (Fsp3) is 0.467. The zero-order valence-corrected chi connectivity index (χ0v) is 11.5. The smallest absolute Gasteiger partial charge is 0.305 e. The van der Waals surface area contributed by atoms with Gasteiger partial charge in [-0.2, -0.15) is 5.26 Å². The van der Waals surface area contributed by atoms with E-state index in [-0.39, 0.29) is 12.0 Å². The minimum absolute atomic E-state index is 0.150. The van der Waals surface area contributed by atoms with Crippen molar-refractivity contribution in [2.75, 3.05) is 13.2 Å². The Hall–Kier alpha value is -1.86. The Labute approximate surface area is 114 Å². The highest BCUT2D eigenvalue weighted by molar-refractivity contribution is 5.69. The summed E-state index contributed by atoms with van der Waals surface area (Å²) < 4.78 is 4.86. The number of hydrogen-bond acceptors (Lipinski definition) is 4. The third kappa shape index (κ3) is 5.54. The van der Waals surface area contributed by atoms with Crippen LogP contribution in [0.2, 0.25) is 0 Å². The van der Waals surface area contributed by atoms with Gasteiger partial charge in [0, 0.05) is 12.5 Å². The second-order valence-electron chi connectivity index (χ2n) is 4.32. The number of nitrogens with one attached hydrogen (secondary N) is 1. The largest absolute Gasteiger partial charge is 0.466 e. The van der Waals surface area contributed by atoms with E-state index in [9.17, 15) is 4.79 Å². The van der Waals surface area contributed by atoms with E-state index in [0.29, 0.717) is 18.6 Å². The molecule has 0 aromatic heterocycles. The summed E-state index contributed by atoms with van der Waals surface area (Å²) in [7, 11) is 0. The van der Waals surface area contributed by atoms with Crippen molar-refractivity contribution < 1.29 is 9.53 Å². The van der Waals surface area contributed by atoms with E-state index in [0.717, 1.165) is 18.5 Å². The highest BCUT2D eigenvalue weighted by Crippen LogP contribution is 2.13. The summed E-state index contributed by atoms with van der Waals surface area (Å²) in [5.41, 5.74) is 1.74. The van der Waals surface area contributed by atoms with Crippen LogP contribution >= 0.6 is 0 Å². The SMILES string of the molecule is CCOC(=O)CCCNC(C)c1cccc(C#N)c1. The molecule has 0 radical (unpaired) electrons. The maximum Gasteiger partial charge on any atom is 0.305 e. The van der Waals surface area contributed by atoms with E-state index in [1.807, 2.05) is 25.1 Å². The molecular weight excluding hydrogens is 240 g/mol. The van der Waals surface area contributed by atoms with Crippen LogP contribution < -0.4 is 5.32 Å². The van der Waals surface area contributed by atoms with Crippen LogP contribution in [0.3, 0.4) is 0 Å². The molecule has 1 rings (SSSR count). The third-order valence-corrected chi connectivity index (χ3v) is 2.83. The zero-order valence-electron chi connectivity index (χ0n) is 11.5. The van der Waals surface area contributed by atoms with Crippen molar-refractivity contribution in [2.24, 2.45) is 0 Å². The van der Waals surface area contributed by atoms with Gasteiger partial charge >= 0.3 is 5.97 Å². The summed E-state index contributed by atoms with van der Waals surface area (Å²) in [4.78, 5) is 11.2. The standard InChI is InChI=1S/C15H20N2O2/c1-3-19-15(18)8-5-9-17-12(2)14-7-4-6-13(10-14)11-16/h4,6-7,10,12,17H,3,5,8-9H2,1-2H3. The summed E-state index contributed by atoms with van der Waals surface area (Å²) >= 11 is 0. The topological polar surface area (TPSA) is 62.1 Å². The minimum atomic E-state index is -0.150. The lowest BCUT2D eigenvalue weighted by molar-refractivity contribution is -0.143. The van der Waals surface area contributed by atoms with E-state index in [4.69, 9.17) is 10.00 Å². The lowest BCUT2D eigenvalue weighted by atomic mass is 10.1. The molecule has 0 saturated carbocycles. The molecule has 0 amide bonds. The summed E-state index contributed by atoms with van der Waals surface area (Å²) in [5, 5.41) is 12.2. The molecule has 1 atom stereocenters. The zero-order chi connectivity index (χ0) is 14.1. The Morgan fingerprint density at radius 3 is 3.00 bits per heavy atom. The van der Waals surface area contributed by atoms with Crippen molar-refractivity contribution in [1.29, 1.82) is 5.26 Å². The molecule has 19 heavy (non-hydrogen) atoms.